The molecule has 0 heterocycles. The number of benzene rings is 3. The Morgan fingerprint density at radius 2 is 1.69 bits per heavy atom. The topological polar surface area (TPSA) is 96.0 Å². The number of hydrogen-bond donors (Lipinski definition) is 1. The van der Waals surface area contributed by atoms with Gasteiger partial charge in [0.25, 0.3) is 10.0 Å². The minimum atomic E-state index is -4.18. The van der Waals surface area contributed by atoms with Gasteiger partial charge in [-0.3, -0.25) is 13.9 Å². The van der Waals surface area contributed by atoms with E-state index < -0.39 is 28.5 Å². The first kappa shape index (κ1) is 31.4. The molecular weight excluding hydrogens is 574 g/mol. The zero-order valence-corrected chi connectivity index (χ0v) is 25.8. The number of rotatable bonds is 12. The van der Waals surface area contributed by atoms with Gasteiger partial charge in [0.15, 0.2) is 0 Å². The quantitative estimate of drug-likeness (QED) is 0.283. The van der Waals surface area contributed by atoms with Crippen LogP contribution in [0.1, 0.15) is 50.2 Å². The van der Waals surface area contributed by atoms with Crippen LogP contribution in [-0.2, 0) is 26.2 Å². The highest BCUT2D eigenvalue weighted by atomic mass is 35.5. The zero-order valence-electron chi connectivity index (χ0n) is 24.3. The average Bonchev–Trinajstić information content (AvgIpc) is 3.49. The monoisotopic (exact) mass is 611 g/mol. The number of ether oxygens (including phenoxy) is 1. The van der Waals surface area contributed by atoms with Crippen LogP contribution < -0.4 is 14.4 Å². The molecule has 1 aliphatic rings. The molecule has 1 atom stereocenters. The highest BCUT2D eigenvalue weighted by molar-refractivity contribution is 7.92. The van der Waals surface area contributed by atoms with Gasteiger partial charge in [0.05, 0.1) is 17.7 Å². The SMILES string of the molecule is CC[C@@H](C(=O)NC1CCCC1)N(Cc1cccc(C)c1)C(=O)CN(c1ccc(Cl)cc1)S(=O)(=O)c1ccc(OC)cc1. The Bertz CT molecular complexity index is 1470. The van der Waals surface area contributed by atoms with Crippen LogP contribution in [0.2, 0.25) is 5.02 Å². The third kappa shape index (κ3) is 7.63. The fraction of sp³-hybridized carbons (Fsp3) is 0.375. The van der Waals surface area contributed by atoms with Crippen LogP contribution in [0.15, 0.2) is 77.7 Å². The van der Waals surface area contributed by atoms with E-state index in [9.17, 15) is 18.0 Å². The Morgan fingerprint density at radius 1 is 1.02 bits per heavy atom. The Morgan fingerprint density at radius 3 is 2.29 bits per heavy atom. The van der Waals surface area contributed by atoms with Gasteiger partial charge < -0.3 is 15.0 Å². The molecule has 224 valence electrons. The number of carbonyl (C=O) groups is 2. The van der Waals surface area contributed by atoms with Crippen molar-refractivity contribution in [1.82, 2.24) is 10.2 Å². The maximum absolute atomic E-state index is 14.2. The summed E-state index contributed by atoms with van der Waals surface area (Å²) in [6.45, 7) is 3.48. The van der Waals surface area contributed by atoms with E-state index in [0.717, 1.165) is 41.1 Å². The molecule has 0 aliphatic heterocycles. The second kappa shape index (κ2) is 14.1. The van der Waals surface area contributed by atoms with Gasteiger partial charge in [0.2, 0.25) is 11.8 Å². The Balaban J connectivity index is 1.71. The molecule has 1 fully saturated rings. The molecule has 42 heavy (non-hydrogen) atoms. The minimum Gasteiger partial charge on any atom is -0.497 e. The first-order valence-corrected chi connectivity index (χ1v) is 16.0. The van der Waals surface area contributed by atoms with Crippen molar-refractivity contribution >= 4 is 39.1 Å². The summed E-state index contributed by atoms with van der Waals surface area (Å²) in [5, 5.41) is 3.56. The molecule has 1 saturated carbocycles. The first-order chi connectivity index (χ1) is 20.1. The fourth-order valence-electron chi connectivity index (χ4n) is 5.31. The van der Waals surface area contributed by atoms with Crippen molar-refractivity contribution in [2.75, 3.05) is 18.0 Å². The lowest BCUT2D eigenvalue weighted by Gasteiger charge is -2.34. The molecule has 0 spiro atoms. The summed E-state index contributed by atoms with van der Waals surface area (Å²) in [5.74, 6) is -0.204. The van der Waals surface area contributed by atoms with E-state index in [1.165, 1.54) is 24.1 Å². The number of halogens is 1. The van der Waals surface area contributed by atoms with Crippen molar-refractivity contribution in [3.8, 4) is 5.75 Å². The van der Waals surface area contributed by atoms with Crippen LogP contribution in [0.3, 0.4) is 0 Å². The number of sulfonamides is 1. The molecule has 10 heteroatoms. The molecule has 0 aromatic heterocycles. The molecule has 1 aliphatic carbocycles. The van der Waals surface area contributed by atoms with Crippen molar-refractivity contribution in [2.45, 2.75) is 69.5 Å². The summed E-state index contributed by atoms with van der Waals surface area (Å²) >= 11 is 6.10. The van der Waals surface area contributed by atoms with Crippen molar-refractivity contribution in [3.05, 3.63) is 88.9 Å². The van der Waals surface area contributed by atoms with Crippen LogP contribution in [0, 0.1) is 6.92 Å². The highest BCUT2D eigenvalue weighted by Crippen LogP contribution is 2.27. The summed E-state index contributed by atoms with van der Waals surface area (Å²) in [7, 11) is -2.69. The highest BCUT2D eigenvalue weighted by Gasteiger charge is 2.34. The van der Waals surface area contributed by atoms with E-state index in [1.54, 1.807) is 36.4 Å². The maximum Gasteiger partial charge on any atom is 0.264 e. The van der Waals surface area contributed by atoms with Crippen LogP contribution >= 0.6 is 11.6 Å². The molecule has 0 unspecified atom stereocenters. The number of hydrogen-bond acceptors (Lipinski definition) is 5. The van der Waals surface area contributed by atoms with E-state index in [4.69, 9.17) is 16.3 Å². The van der Waals surface area contributed by atoms with Gasteiger partial charge in [-0.15, -0.1) is 0 Å². The Labute approximate surface area is 253 Å². The van der Waals surface area contributed by atoms with Crippen LogP contribution in [0.5, 0.6) is 5.75 Å². The third-order valence-electron chi connectivity index (χ3n) is 7.56. The van der Waals surface area contributed by atoms with Gasteiger partial charge in [-0.2, -0.15) is 0 Å². The first-order valence-electron chi connectivity index (χ1n) is 14.2. The largest absolute Gasteiger partial charge is 0.497 e. The lowest BCUT2D eigenvalue weighted by molar-refractivity contribution is -0.140. The summed E-state index contributed by atoms with van der Waals surface area (Å²) < 4.78 is 34.2. The lowest BCUT2D eigenvalue weighted by atomic mass is 10.1. The second-order valence-corrected chi connectivity index (χ2v) is 12.9. The summed E-state index contributed by atoms with van der Waals surface area (Å²) in [6.07, 6.45) is 4.33. The van der Waals surface area contributed by atoms with Gasteiger partial charge in [-0.25, -0.2) is 8.42 Å². The Kier molecular flexibility index (Phi) is 10.5. The molecule has 0 radical (unpaired) electrons. The van der Waals surface area contributed by atoms with Crippen LogP contribution in [0.25, 0.3) is 0 Å². The number of methoxy groups -OCH3 is 1. The van der Waals surface area contributed by atoms with E-state index in [-0.39, 0.29) is 29.1 Å². The standard InChI is InChI=1S/C32H38ClN3O5S/c1-4-30(32(38)34-26-10-5-6-11-26)35(21-24-9-7-8-23(2)20-24)31(37)22-36(27-14-12-25(33)13-15-27)42(39,40)29-18-16-28(41-3)17-19-29/h7-9,12-20,26,30H,4-6,10-11,21-22H2,1-3H3,(H,34,38)/t30-/m0/s1. The summed E-state index contributed by atoms with van der Waals surface area (Å²) in [6, 6.07) is 19.3. The lowest BCUT2D eigenvalue weighted by Crippen LogP contribution is -2.53. The molecule has 2 amide bonds. The van der Waals surface area contributed by atoms with Gasteiger partial charge in [-0.05, 0) is 80.3 Å². The van der Waals surface area contributed by atoms with Gasteiger partial charge in [0, 0.05) is 17.6 Å². The Hall–Kier alpha value is -3.56. The van der Waals surface area contributed by atoms with Gasteiger partial charge >= 0.3 is 0 Å². The molecule has 0 saturated heterocycles. The number of nitrogens with zero attached hydrogens (tertiary/aromatic N) is 2. The summed E-state index contributed by atoms with van der Waals surface area (Å²) in [4.78, 5) is 29.2. The smallest absolute Gasteiger partial charge is 0.264 e. The van der Waals surface area contributed by atoms with Crippen LogP contribution in [0.4, 0.5) is 5.69 Å². The van der Waals surface area contributed by atoms with E-state index >= 15 is 0 Å². The number of nitrogens with one attached hydrogen (secondary N) is 1. The number of aryl methyl sites for hydroxylation is 1. The minimum absolute atomic E-state index is 0.00213. The van der Waals surface area contributed by atoms with Crippen LogP contribution in [-0.4, -0.2) is 50.9 Å². The second-order valence-electron chi connectivity index (χ2n) is 10.6. The summed E-state index contributed by atoms with van der Waals surface area (Å²) in [5.41, 5.74) is 2.15. The molecule has 3 aromatic carbocycles. The predicted molar refractivity (Wildman–Crippen MR) is 165 cm³/mol. The molecule has 8 nitrogen and oxygen atoms in total. The molecule has 3 aromatic rings. The van der Waals surface area contributed by atoms with E-state index in [1.807, 2.05) is 38.1 Å². The van der Waals surface area contributed by atoms with Gasteiger partial charge in [-0.1, -0.05) is 61.2 Å². The number of anilines is 1. The maximum atomic E-state index is 14.2. The fourth-order valence-corrected chi connectivity index (χ4v) is 6.85. The number of carbonyl (C=O) groups excluding carboxylic acids is 2. The molecular formula is C32H38ClN3O5S. The van der Waals surface area contributed by atoms with Crippen molar-refractivity contribution in [1.29, 1.82) is 0 Å². The molecule has 4 rings (SSSR count). The zero-order chi connectivity index (χ0) is 30.3. The third-order valence-corrected chi connectivity index (χ3v) is 9.60. The normalized spacial score (nSPS) is 14.3. The van der Waals surface area contributed by atoms with E-state index in [0.29, 0.717) is 17.2 Å². The van der Waals surface area contributed by atoms with Crippen molar-refractivity contribution < 1.29 is 22.7 Å². The van der Waals surface area contributed by atoms with Crippen molar-refractivity contribution in [3.63, 3.8) is 0 Å². The average molecular weight is 612 g/mol. The number of amides is 2. The predicted octanol–water partition coefficient (Wildman–Crippen LogP) is 5.72. The van der Waals surface area contributed by atoms with Gasteiger partial charge in [0.1, 0.15) is 18.3 Å². The van der Waals surface area contributed by atoms with E-state index in [2.05, 4.69) is 5.32 Å². The molecule has 0 bridgehead atoms. The molecule has 1 N–H and O–H groups in total. The van der Waals surface area contributed by atoms with Crippen molar-refractivity contribution in [2.24, 2.45) is 0 Å².